The molecule has 2 aromatic rings. The van der Waals surface area contributed by atoms with Gasteiger partial charge in [0, 0.05) is 35.2 Å². The average Bonchev–Trinajstić information content (AvgIpc) is 3.05. The Kier molecular flexibility index (Phi) is 5.97. The monoisotopic (exact) mass is 385 g/mol. The van der Waals surface area contributed by atoms with Crippen LogP contribution in [-0.4, -0.2) is 32.8 Å². The quantitative estimate of drug-likeness (QED) is 0.788. The highest BCUT2D eigenvalue weighted by Gasteiger charge is 2.22. The third-order valence-corrected chi connectivity index (χ3v) is 4.83. The predicted octanol–water partition coefficient (Wildman–Crippen LogP) is 3.66. The number of carbonyl (C=O) groups is 1. The lowest BCUT2D eigenvalue weighted by atomic mass is 10.1. The molecule has 1 aliphatic rings. The highest BCUT2D eigenvalue weighted by atomic mass is 16.5. The van der Waals surface area contributed by atoms with Gasteiger partial charge in [0.2, 0.25) is 0 Å². The van der Waals surface area contributed by atoms with Crippen molar-refractivity contribution in [1.29, 1.82) is 0 Å². The fourth-order valence-corrected chi connectivity index (χ4v) is 3.40. The van der Waals surface area contributed by atoms with E-state index in [-0.39, 0.29) is 12.0 Å². The highest BCUT2D eigenvalue weighted by molar-refractivity contribution is 5.95. The molecule has 0 aromatic heterocycles. The number of methoxy groups -OCH3 is 2. The van der Waals surface area contributed by atoms with E-state index in [4.69, 9.17) is 18.9 Å². The van der Waals surface area contributed by atoms with Crippen LogP contribution in [0.15, 0.2) is 24.3 Å². The molecule has 0 saturated carbocycles. The number of hydrogen-bond acceptors (Lipinski definition) is 5. The summed E-state index contributed by atoms with van der Waals surface area (Å²) in [4.78, 5) is 12.7. The van der Waals surface area contributed by atoms with Crippen molar-refractivity contribution >= 4 is 5.91 Å². The summed E-state index contributed by atoms with van der Waals surface area (Å²) in [5.74, 6) is 2.64. The summed E-state index contributed by atoms with van der Waals surface area (Å²) in [6.07, 6.45) is 1.02. The van der Waals surface area contributed by atoms with E-state index in [2.05, 4.69) is 5.32 Å². The molecular weight excluding hydrogens is 358 g/mol. The smallest absolute Gasteiger partial charge is 0.251 e. The maximum Gasteiger partial charge on any atom is 0.251 e. The van der Waals surface area contributed by atoms with Crippen LogP contribution in [0.4, 0.5) is 0 Å². The summed E-state index contributed by atoms with van der Waals surface area (Å²) in [5.41, 5.74) is 3.35. The lowest BCUT2D eigenvalue weighted by molar-refractivity contribution is 0.0950. The van der Waals surface area contributed by atoms with Gasteiger partial charge in [-0.2, -0.15) is 0 Å². The molecule has 1 N–H and O–H groups in total. The maximum atomic E-state index is 12.7. The van der Waals surface area contributed by atoms with Gasteiger partial charge in [0.15, 0.2) is 0 Å². The lowest BCUT2D eigenvalue weighted by Crippen LogP contribution is -2.23. The van der Waals surface area contributed by atoms with Gasteiger partial charge in [0.1, 0.15) is 29.1 Å². The molecular formula is C22H27NO5. The zero-order valence-electron chi connectivity index (χ0n) is 17.0. The van der Waals surface area contributed by atoms with Gasteiger partial charge in [-0.3, -0.25) is 4.79 Å². The third kappa shape index (κ3) is 4.01. The van der Waals surface area contributed by atoms with E-state index in [0.29, 0.717) is 30.2 Å². The first kappa shape index (κ1) is 19.9. The summed E-state index contributed by atoms with van der Waals surface area (Å²) in [6, 6.07) is 7.40. The molecule has 1 atom stereocenters. The molecule has 0 saturated heterocycles. The Balaban J connectivity index is 1.80. The van der Waals surface area contributed by atoms with Crippen LogP contribution in [0.2, 0.25) is 0 Å². The molecule has 0 spiro atoms. The molecule has 2 aromatic carbocycles. The summed E-state index contributed by atoms with van der Waals surface area (Å²) < 4.78 is 22.3. The molecule has 0 fully saturated rings. The fourth-order valence-electron chi connectivity index (χ4n) is 3.40. The SMILES string of the molecule is CCOc1cc2c(cc1CNC(=O)c1cc(OC)c(C)c(OC)c1)O[C@@H](C)C2. The Hall–Kier alpha value is -2.89. The van der Waals surface area contributed by atoms with Gasteiger partial charge in [-0.05, 0) is 45.0 Å². The third-order valence-electron chi connectivity index (χ3n) is 4.83. The standard InChI is InChI=1S/C22H27NO5/c1-6-27-20-8-15-7-13(2)28-21(15)11-17(20)12-23-22(24)16-9-18(25-4)14(3)19(10-16)26-5/h8-11,13H,6-7,12H2,1-5H3,(H,23,24)/t13-/m0/s1. The summed E-state index contributed by atoms with van der Waals surface area (Å²) in [6.45, 7) is 6.76. The van der Waals surface area contributed by atoms with E-state index in [1.54, 1.807) is 26.4 Å². The number of hydrogen-bond donors (Lipinski definition) is 1. The second-order valence-corrected chi connectivity index (χ2v) is 6.82. The fraction of sp³-hybridized carbons (Fsp3) is 0.409. The molecule has 0 unspecified atom stereocenters. The van der Waals surface area contributed by atoms with E-state index in [9.17, 15) is 4.79 Å². The zero-order chi connectivity index (χ0) is 20.3. The van der Waals surface area contributed by atoms with Crippen molar-refractivity contribution in [3.8, 4) is 23.0 Å². The van der Waals surface area contributed by atoms with Crippen molar-refractivity contribution in [3.05, 3.63) is 46.5 Å². The second-order valence-electron chi connectivity index (χ2n) is 6.82. The minimum absolute atomic E-state index is 0.154. The van der Waals surface area contributed by atoms with Crippen molar-refractivity contribution in [2.24, 2.45) is 0 Å². The first-order valence-electron chi connectivity index (χ1n) is 9.42. The van der Waals surface area contributed by atoms with E-state index in [0.717, 1.165) is 34.6 Å². The normalized spacial score (nSPS) is 14.8. The molecule has 0 aliphatic carbocycles. The maximum absolute atomic E-state index is 12.7. The first-order chi connectivity index (χ1) is 13.5. The van der Waals surface area contributed by atoms with Crippen LogP contribution in [0.3, 0.4) is 0 Å². The van der Waals surface area contributed by atoms with Gasteiger partial charge in [0.05, 0.1) is 20.8 Å². The number of carbonyl (C=O) groups excluding carboxylic acids is 1. The van der Waals surface area contributed by atoms with Crippen molar-refractivity contribution < 1.29 is 23.7 Å². The van der Waals surface area contributed by atoms with E-state index in [1.165, 1.54) is 0 Å². The molecule has 1 aliphatic heterocycles. The van der Waals surface area contributed by atoms with Crippen molar-refractivity contribution in [3.63, 3.8) is 0 Å². The topological polar surface area (TPSA) is 66.0 Å². The molecule has 1 heterocycles. The summed E-state index contributed by atoms with van der Waals surface area (Å²) >= 11 is 0. The van der Waals surface area contributed by atoms with Crippen LogP contribution in [0.1, 0.15) is 40.9 Å². The molecule has 28 heavy (non-hydrogen) atoms. The van der Waals surface area contributed by atoms with Crippen LogP contribution in [-0.2, 0) is 13.0 Å². The predicted molar refractivity (Wildman–Crippen MR) is 107 cm³/mol. The van der Waals surface area contributed by atoms with E-state index < -0.39 is 0 Å². The molecule has 0 bridgehead atoms. The molecule has 1 amide bonds. The van der Waals surface area contributed by atoms with Gasteiger partial charge < -0.3 is 24.3 Å². The van der Waals surface area contributed by atoms with Crippen molar-refractivity contribution in [1.82, 2.24) is 5.32 Å². The minimum Gasteiger partial charge on any atom is -0.496 e. The number of nitrogens with one attached hydrogen (secondary N) is 1. The molecule has 6 nitrogen and oxygen atoms in total. The Labute approximate surface area is 165 Å². The molecule has 150 valence electrons. The van der Waals surface area contributed by atoms with E-state index >= 15 is 0 Å². The number of rotatable bonds is 7. The number of fused-ring (bicyclic) bond motifs is 1. The summed E-state index contributed by atoms with van der Waals surface area (Å²) in [5, 5.41) is 2.95. The Morgan fingerprint density at radius 3 is 2.43 bits per heavy atom. The first-order valence-corrected chi connectivity index (χ1v) is 9.42. The largest absolute Gasteiger partial charge is 0.496 e. The molecule has 3 rings (SSSR count). The van der Waals surface area contributed by atoms with Gasteiger partial charge in [0.25, 0.3) is 5.91 Å². The Morgan fingerprint density at radius 2 is 1.82 bits per heavy atom. The van der Waals surface area contributed by atoms with Crippen LogP contribution in [0, 0.1) is 6.92 Å². The Bertz CT molecular complexity index is 852. The second kappa shape index (κ2) is 8.42. The average molecular weight is 385 g/mol. The van der Waals surface area contributed by atoms with Gasteiger partial charge in [-0.25, -0.2) is 0 Å². The van der Waals surface area contributed by atoms with Gasteiger partial charge in [-0.1, -0.05) is 0 Å². The highest BCUT2D eigenvalue weighted by Crippen LogP contribution is 2.35. The van der Waals surface area contributed by atoms with Crippen LogP contribution < -0.4 is 24.3 Å². The minimum atomic E-state index is -0.214. The van der Waals surface area contributed by atoms with Crippen LogP contribution in [0.5, 0.6) is 23.0 Å². The molecule has 6 heteroatoms. The van der Waals surface area contributed by atoms with Crippen molar-refractivity contribution in [2.75, 3.05) is 20.8 Å². The molecule has 0 radical (unpaired) electrons. The summed E-state index contributed by atoms with van der Waals surface area (Å²) in [7, 11) is 3.15. The van der Waals surface area contributed by atoms with Gasteiger partial charge in [-0.15, -0.1) is 0 Å². The van der Waals surface area contributed by atoms with E-state index in [1.807, 2.05) is 32.9 Å². The van der Waals surface area contributed by atoms with Gasteiger partial charge >= 0.3 is 0 Å². The number of amides is 1. The van der Waals surface area contributed by atoms with Crippen molar-refractivity contribution in [2.45, 2.75) is 39.8 Å². The number of ether oxygens (including phenoxy) is 4. The van der Waals surface area contributed by atoms with Crippen LogP contribution in [0.25, 0.3) is 0 Å². The number of benzene rings is 2. The lowest BCUT2D eigenvalue weighted by Gasteiger charge is -2.15. The van der Waals surface area contributed by atoms with Crippen LogP contribution >= 0.6 is 0 Å². The zero-order valence-corrected chi connectivity index (χ0v) is 17.0. The Morgan fingerprint density at radius 1 is 1.14 bits per heavy atom.